The Morgan fingerprint density at radius 1 is 1.38 bits per heavy atom. The average molecular weight is 186 g/mol. The van der Waals surface area contributed by atoms with E-state index in [-0.39, 0.29) is 5.97 Å². The second-order valence-electron chi connectivity index (χ2n) is 4.98. The molecule has 0 aliphatic rings. The van der Waals surface area contributed by atoms with E-state index in [9.17, 15) is 4.79 Å². The molecule has 0 aliphatic heterocycles. The molecule has 2 nitrogen and oxygen atoms in total. The third-order valence-corrected chi connectivity index (χ3v) is 2.13. The van der Waals surface area contributed by atoms with Crippen molar-refractivity contribution in [2.75, 3.05) is 7.11 Å². The lowest BCUT2D eigenvalue weighted by atomic mass is 9.86. The number of hydrogen-bond donors (Lipinski definition) is 0. The molecule has 0 amide bonds. The highest BCUT2D eigenvalue weighted by Gasteiger charge is 2.14. The van der Waals surface area contributed by atoms with Crippen LogP contribution in [0.5, 0.6) is 0 Å². The van der Waals surface area contributed by atoms with Gasteiger partial charge >= 0.3 is 5.97 Å². The minimum absolute atomic E-state index is 0.0959. The average Bonchev–Trinajstić information content (AvgIpc) is 1.99. The molecule has 0 aromatic heterocycles. The minimum Gasteiger partial charge on any atom is -0.469 e. The zero-order valence-electron chi connectivity index (χ0n) is 9.52. The molecular formula is C11H22O2. The van der Waals surface area contributed by atoms with Crippen molar-refractivity contribution in [3.05, 3.63) is 0 Å². The molecule has 0 bridgehead atoms. The van der Waals surface area contributed by atoms with Gasteiger partial charge in [-0.1, -0.05) is 27.7 Å². The summed E-state index contributed by atoms with van der Waals surface area (Å²) in [7, 11) is 1.44. The SMILES string of the molecule is COC(=O)CC(C)CCC(C)(C)C. The molecule has 0 rings (SSSR count). The maximum atomic E-state index is 10.9. The van der Waals surface area contributed by atoms with Crippen LogP contribution in [0.2, 0.25) is 0 Å². The van der Waals surface area contributed by atoms with Gasteiger partial charge in [-0.15, -0.1) is 0 Å². The molecule has 0 heterocycles. The Labute approximate surface area is 81.7 Å². The quantitative estimate of drug-likeness (QED) is 0.631. The highest BCUT2D eigenvalue weighted by atomic mass is 16.5. The number of esters is 1. The van der Waals surface area contributed by atoms with Crippen molar-refractivity contribution in [1.82, 2.24) is 0 Å². The van der Waals surface area contributed by atoms with Crippen molar-refractivity contribution < 1.29 is 9.53 Å². The normalized spacial score (nSPS) is 13.9. The second kappa shape index (κ2) is 5.25. The van der Waals surface area contributed by atoms with Crippen molar-refractivity contribution in [3.8, 4) is 0 Å². The Kier molecular flexibility index (Phi) is 5.04. The Morgan fingerprint density at radius 3 is 2.31 bits per heavy atom. The monoisotopic (exact) mass is 186 g/mol. The van der Waals surface area contributed by atoms with E-state index in [1.807, 2.05) is 0 Å². The third-order valence-electron chi connectivity index (χ3n) is 2.13. The minimum atomic E-state index is -0.0959. The summed E-state index contributed by atoms with van der Waals surface area (Å²) in [5.74, 6) is 0.341. The number of ether oxygens (including phenoxy) is 1. The largest absolute Gasteiger partial charge is 0.469 e. The first kappa shape index (κ1) is 12.5. The Hall–Kier alpha value is -0.530. The summed E-state index contributed by atoms with van der Waals surface area (Å²) >= 11 is 0. The Morgan fingerprint density at radius 2 is 1.92 bits per heavy atom. The van der Waals surface area contributed by atoms with Gasteiger partial charge in [0.15, 0.2) is 0 Å². The van der Waals surface area contributed by atoms with Crippen LogP contribution in [0.4, 0.5) is 0 Å². The standard InChI is InChI=1S/C11H22O2/c1-9(8-10(12)13-5)6-7-11(2,3)4/h9H,6-8H2,1-5H3. The van der Waals surface area contributed by atoms with E-state index < -0.39 is 0 Å². The third kappa shape index (κ3) is 7.82. The van der Waals surface area contributed by atoms with Crippen molar-refractivity contribution in [1.29, 1.82) is 0 Å². The number of rotatable bonds is 4. The van der Waals surface area contributed by atoms with Gasteiger partial charge in [0.05, 0.1) is 7.11 Å². The van der Waals surface area contributed by atoms with Crippen LogP contribution in [0.1, 0.15) is 47.0 Å². The molecule has 0 fully saturated rings. The Bertz CT molecular complexity index is 156. The predicted molar refractivity (Wildman–Crippen MR) is 54.5 cm³/mol. The fourth-order valence-corrected chi connectivity index (χ4v) is 1.15. The van der Waals surface area contributed by atoms with Crippen LogP contribution in [0.3, 0.4) is 0 Å². The summed E-state index contributed by atoms with van der Waals surface area (Å²) in [6.45, 7) is 8.76. The van der Waals surface area contributed by atoms with E-state index in [4.69, 9.17) is 0 Å². The van der Waals surface area contributed by atoms with E-state index in [0.29, 0.717) is 17.8 Å². The van der Waals surface area contributed by atoms with Gasteiger partial charge in [0, 0.05) is 6.42 Å². The van der Waals surface area contributed by atoms with Crippen LogP contribution < -0.4 is 0 Å². The summed E-state index contributed by atoms with van der Waals surface area (Å²) < 4.78 is 4.61. The van der Waals surface area contributed by atoms with Crippen molar-refractivity contribution in [2.24, 2.45) is 11.3 Å². The number of methoxy groups -OCH3 is 1. The van der Waals surface area contributed by atoms with E-state index in [1.165, 1.54) is 7.11 Å². The van der Waals surface area contributed by atoms with Crippen LogP contribution in [-0.2, 0) is 9.53 Å². The highest BCUT2D eigenvalue weighted by Crippen LogP contribution is 2.24. The zero-order chi connectivity index (χ0) is 10.5. The lowest BCUT2D eigenvalue weighted by molar-refractivity contribution is -0.141. The molecule has 0 saturated carbocycles. The predicted octanol–water partition coefficient (Wildman–Crippen LogP) is 3.01. The van der Waals surface area contributed by atoms with Crippen LogP contribution in [-0.4, -0.2) is 13.1 Å². The molecule has 1 atom stereocenters. The van der Waals surface area contributed by atoms with Crippen LogP contribution >= 0.6 is 0 Å². The van der Waals surface area contributed by atoms with Gasteiger partial charge in [0.1, 0.15) is 0 Å². The van der Waals surface area contributed by atoms with Gasteiger partial charge in [-0.25, -0.2) is 0 Å². The molecule has 0 spiro atoms. The van der Waals surface area contributed by atoms with E-state index in [0.717, 1.165) is 12.8 Å². The van der Waals surface area contributed by atoms with Crippen LogP contribution in [0.25, 0.3) is 0 Å². The van der Waals surface area contributed by atoms with Crippen LogP contribution in [0.15, 0.2) is 0 Å². The topological polar surface area (TPSA) is 26.3 Å². The van der Waals surface area contributed by atoms with E-state index >= 15 is 0 Å². The molecule has 0 aromatic carbocycles. The first-order chi connectivity index (χ1) is 5.85. The summed E-state index contributed by atoms with van der Waals surface area (Å²) in [6.07, 6.45) is 2.80. The molecule has 2 heteroatoms. The fourth-order valence-electron chi connectivity index (χ4n) is 1.15. The summed E-state index contributed by atoms with van der Waals surface area (Å²) in [5.41, 5.74) is 0.365. The summed E-state index contributed by atoms with van der Waals surface area (Å²) in [6, 6.07) is 0. The zero-order valence-corrected chi connectivity index (χ0v) is 9.52. The molecule has 1 unspecified atom stereocenters. The number of carbonyl (C=O) groups excluding carboxylic acids is 1. The summed E-state index contributed by atoms with van der Waals surface area (Å²) in [5, 5.41) is 0. The van der Waals surface area contributed by atoms with Gasteiger partial charge in [0.2, 0.25) is 0 Å². The first-order valence-electron chi connectivity index (χ1n) is 4.92. The molecular weight excluding hydrogens is 164 g/mol. The van der Waals surface area contributed by atoms with E-state index in [1.54, 1.807) is 0 Å². The van der Waals surface area contributed by atoms with Crippen LogP contribution in [0, 0.1) is 11.3 Å². The summed E-state index contributed by atoms with van der Waals surface area (Å²) in [4.78, 5) is 10.9. The van der Waals surface area contributed by atoms with E-state index in [2.05, 4.69) is 32.4 Å². The number of hydrogen-bond acceptors (Lipinski definition) is 2. The maximum Gasteiger partial charge on any atom is 0.305 e. The molecule has 0 saturated heterocycles. The lowest BCUT2D eigenvalue weighted by Crippen LogP contribution is -2.11. The van der Waals surface area contributed by atoms with Gasteiger partial charge in [-0.3, -0.25) is 4.79 Å². The molecule has 0 aliphatic carbocycles. The van der Waals surface area contributed by atoms with Crippen molar-refractivity contribution in [3.63, 3.8) is 0 Å². The molecule has 0 aromatic rings. The molecule has 0 radical (unpaired) electrons. The lowest BCUT2D eigenvalue weighted by Gasteiger charge is -2.20. The first-order valence-corrected chi connectivity index (χ1v) is 4.92. The smallest absolute Gasteiger partial charge is 0.305 e. The van der Waals surface area contributed by atoms with Gasteiger partial charge < -0.3 is 4.74 Å². The highest BCUT2D eigenvalue weighted by molar-refractivity contribution is 5.69. The fraction of sp³-hybridized carbons (Fsp3) is 0.909. The Balaban J connectivity index is 3.63. The maximum absolute atomic E-state index is 10.9. The van der Waals surface area contributed by atoms with Crippen molar-refractivity contribution in [2.45, 2.75) is 47.0 Å². The van der Waals surface area contributed by atoms with Gasteiger partial charge in [-0.2, -0.15) is 0 Å². The molecule has 0 N–H and O–H groups in total. The molecule has 78 valence electrons. The number of carbonyl (C=O) groups is 1. The molecule has 13 heavy (non-hydrogen) atoms. The van der Waals surface area contributed by atoms with Crippen molar-refractivity contribution >= 4 is 5.97 Å². The second-order valence-corrected chi connectivity index (χ2v) is 4.98. The van der Waals surface area contributed by atoms with Gasteiger partial charge in [0.25, 0.3) is 0 Å². The van der Waals surface area contributed by atoms with Gasteiger partial charge in [-0.05, 0) is 24.2 Å².